The third kappa shape index (κ3) is 3.78. The van der Waals surface area contributed by atoms with E-state index in [1.807, 2.05) is 30.3 Å². The summed E-state index contributed by atoms with van der Waals surface area (Å²) in [5, 5.41) is 1.01. The first-order chi connectivity index (χ1) is 14.3. The first kappa shape index (κ1) is 20.4. The molecule has 0 radical (unpaired) electrons. The van der Waals surface area contributed by atoms with Crippen molar-refractivity contribution in [1.82, 2.24) is 4.98 Å². The van der Waals surface area contributed by atoms with Gasteiger partial charge in [-0.2, -0.15) is 22.0 Å². The number of halogens is 5. The van der Waals surface area contributed by atoms with E-state index in [-0.39, 0.29) is 0 Å². The predicted octanol–water partition coefficient (Wildman–Crippen LogP) is 5.94. The summed E-state index contributed by atoms with van der Waals surface area (Å²) in [5.74, 6) is -5.40. The van der Waals surface area contributed by atoms with E-state index in [0.29, 0.717) is 25.9 Å². The van der Waals surface area contributed by atoms with Crippen molar-refractivity contribution >= 4 is 16.6 Å². The van der Waals surface area contributed by atoms with Crippen LogP contribution in [0.2, 0.25) is 0 Å². The number of rotatable bonds is 4. The summed E-state index contributed by atoms with van der Waals surface area (Å²) in [6, 6.07) is 14.1. The van der Waals surface area contributed by atoms with Crippen LogP contribution >= 0.6 is 0 Å². The van der Waals surface area contributed by atoms with Crippen LogP contribution in [-0.2, 0) is 5.92 Å². The van der Waals surface area contributed by atoms with Crippen LogP contribution in [0.5, 0.6) is 5.75 Å². The smallest absolute Gasteiger partial charge is 0.458 e. The Kier molecular flexibility index (Phi) is 5.26. The fraction of sp³-hybridized carbons (Fsp3) is 0.318. The predicted molar refractivity (Wildman–Crippen MR) is 104 cm³/mol. The van der Waals surface area contributed by atoms with E-state index in [1.165, 1.54) is 6.07 Å². The SMILES string of the molecule is FC(F)(F)C(F)(F)c1ccccc1OC1CCN(c2ccnc3ccccc23)CC1. The number of benzene rings is 2. The Bertz CT molecular complexity index is 1020. The molecule has 2 aromatic carbocycles. The quantitative estimate of drug-likeness (QED) is 0.487. The Labute approximate surface area is 170 Å². The molecule has 0 saturated carbocycles. The highest BCUT2D eigenvalue weighted by Gasteiger charge is 2.60. The van der Waals surface area contributed by atoms with Crippen molar-refractivity contribution in [3.8, 4) is 5.75 Å². The van der Waals surface area contributed by atoms with Crippen molar-refractivity contribution < 1.29 is 26.7 Å². The van der Waals surface area contributed by atoms with E-state index in [1.54, 1.807) is 6.20 Å². The highest BCUT2D eigenvalue weighted by molar-refractivity contribution is 5.91. The zero-order valence-corrected chi connectivity index (χ0v) is 15.9. The lowest BCUT2D eigenvalue weighted by atomic mass is 10.0. The van der Waals surface area contributed by atoms with Gasteiger partial charge in [-0.05, 0) is 24.3 Å². The summed E-state index contributed by atoms with van der Waals surface area (Å²) < 4.78 is 71.9. The maximum atomic E-state index is 13.9. The van der Waals surface area contributed by atoms with Crippen molar-refractivity contribution in [3.05, 3.63) is 66.4 Å². The number of hydrogen-bond acceptors (Lipinski definition) is 3. The number of alkyl halides is 5. The number of piperidine rings is 1. The fourth-order valence-corrected chi connectivity index (χ4v) is 3.73. The van der Waals surface area contributed by atoms with Crippen molar-refractivity contribution in [1.29, 1.82) is 0 Å². The van der Waals surface area contributed by atoms with Crippen LogP contribution in [-0.4, -0.2) is 30.4 Å². The zero-order valence-electron chi connectivity index (χ0n) is 15.9. The number of ether oxygens (including phenoxy) is 1. The first-order valence-corrected chi connectivity index (χ1v) is 9.57. The third-order valence-electron chi connectivity index (χ3n) is 5.28. The van der Waals surface area contributed by atoms with E-state index in [0.717, 1.165) is 34.8 Å². The van der Waals surface area contributed by atoms with Crippen molar-refractivity contribution in [2.24, 2.45) is 0 Å². The molecule has 1 aliphatic rings. The molecule has 30 heavy (non-hydrogen) atoms. The number of aromatic nitrogens is 1. The van der Waals surface area contributed by atoms with Crippen molar-refractivity contribution in [3.63, 3.8) is 0 Å². The maximum absolute atomic E-state index is 13.9. The number of fused-ring (bicyclic) bond motifs is 1. The molecule has 1 aromatic heterocycles. The van der Waals surface area contributed by atoms with Crippen LogP contribution in [0.1, 0.15) is 18.4 Å². The molecule has 0 amide bonds. The summed E-state index contributed by atoms with van der Waals surface area (Å²) in [7, 11) is 0. The second-order valence-electron chi connectivity index (χ2n) is 7.22. The summed E-state index contributed by atoms with van der Waals surface area (Å²) >= 11 is 0. The average Bonchev–Trinajstić information content (AvgIpc) is 2.73. The van der Waals surface area contributed by atoms with Crippen LogP contribution in [0.3, 0.4) is 0 Å². The molecule has 8 heteroatoms. The van der Waals surface area contributed by atoms with Gasteiger partial charge in [-0.3, -0.25) is 4.98 Å². The van der Waals surface area contributed by atoms with Gasteiger partial charge in [0.1, 0.15) is 11.9 Å². The van der Waals surface area contributed by atoms with Crippen LogP contribution in [0.15, 0.2) is 60.8 Å². The number of anilines is 1. The van der Waals surface area contributed by atoms with E-state index in [4.69, 9.17) is 4.74 Å². The van der Waals surface area contributed by atoms with Crippen LogP contribution in [0.25, 0.3) is 10.9 Å². The minimum absolute atomic E-state index is 0.423. The van der Waals surface area contributed by atoms with E-state index in [9.17, 15) is 22.0 Å². The zero-order chi connectivity index (χ0) is 21.4. The van der Waals surface area contributed by atoms with Crippen LogP contribution in [0, 0.1) is 0 Å². The van der Waals surface area contributed by atoms with Gasteiger partial charge in [0.25, 0.3) is 0 Å². The molecule has 0 atom stereocenters. The molecule has 1 fully saturated rings. The molecule has 0 bridgehead atoms. The minimum atomic E-state index is -5.68. The monoisotopic (exact) mass is 422 g/mol. The Morgan fingerprint density at radius 3 is 2.27 bits per heavy atom. The molecular formula is C22H19F5N2O. The van der Waals surface area contributed by atoms with Crippen LogP contribution in [0.4, 0.5) is 27.6 Å². The number of pyridine rings is 1. The molecule has 1 saturated heterocycles. The largest absolute Gasteiger partial charge is 0.490 e. The Hall–Kier alpha value is -2.90. The molecule has 158 valence electrons. The normalized spacial score (nSPS) is 16.1. The van der Waals surface area contributed by atoms with Gasteiger partial charge in [-0.1, -0.05) is 30.3 Å². The van der Waals surface area contributed by atoms with Gasteiger partial charge in [-0.15, -0.1) is 0 Å². The van der Waals surface area contributed by atoms with Gasteiger partial charge >= 0.3 is 12.1 Å². The summed E-state index contributed by atoms with van der Waals surface area (Å²) in [5.41, 5.74) is 0.736. The van der Waals surface area contributed by atoms with Gasteiger partial charge in [0.05, 0.1) is 11.1 Å². The van der Waals surface area contributed by atoms with Gasteiger partial charge in [0.15, 0.2) is 0 Å². The molecule has 3 nitrogen and oxygen atoms in total. The Balaban J connectivity index is 1.49. The minimum Gasteiger partial charge on any atom is -0.490 e. The van der Waals surface area contributed by atoms with E-state index >= 15 is 0 Å². The topological polar surface area (TPSA) is 25.4 Å². The summed E-state index contributed by atoms with van der Waals surface area (Å²) in [4.78, 5) is 6.50. The second-order valence-corrected chi connectivity index (χ2v) is 7.22. The molecule has 2 heterocycles. The van der Waals surface area contributed by atoms with Gasteiger partial charge in [-0.25, -0.2) is 0 Å². The Morgan fingerprint density at radius 1 is 0.867 bits per heavy atom. The second kappa shape index (κ2) is 7.74. The fourth-order valence-electron chi connectivity index (χ4n) is 3.73. The lowest BCUT2D eigenvalue weighted by Gasteiger charge is -2.35. The molecule has 0 unspecified atom stereocenters. The first-order valence-electron chi connectivity index (χ1n) is 9.57. The average molecular weight is 422 g/mol. The number of para-hydroxylation sites is 2. The van der Waals surface area contributed by atoms with Crippen LogP contribution < -0.4 is 9.64 Å². The standard InChI is InChI=1S/C22H19F5N2O/c23-21(24,22(25,26)27)17-6-2-4-8-20(17)30-15-10-13-29(14-11-15)19-9-12-28-18-7-3-1-5-16(18)19/h1-9,12,15H,10-11,13-14H2. The number of hydrogen-bond donors (Lipinski definition) is 0. The van der Waals surface area contributed by atoms with E-state index < -0.39 is 29.5 Å². The molecule has 0 spiro atoms. The molecule has 0 aliphatic carbocycles. The maximum Gasteiger partial charge on any atom is 0.458 e. The molecule has 3 aromatic rings. The van der Waals surface area contributed by atoms with Gasteiger partial charge < -0.3 is 9.64 Å². The third-order valence-corrected chi connectivity index (χ3v) is 5.28. The van der Waals surface area contributed by atoms with Gasteiger partial charge in [0.2, 0.25) is 0 Å². The highest BCUT2D eigenvalue weighted by Crippen LogP contribution is 2.47. The highest BCUT2D eigenvalue weighted by atomic mass is 19.4. The number of nitrogens with zero attached hydrogens (tertiary/aromatic N) is 2. The summed E-state index contributed by atoms with van der Waals surface area (Å²) in [6.07, 6.45) is -3.39. The molecule has 0 N–H and O–H groups in total. The van der Waals surface area contributed by atoms with Crippen molar-refractivity contribution in [2.45, 2.75) is 31.0 Å². The lowest BCUT2D eigenvalue weighted by Crippen LogP contribution is -2.39. The molecule has 1 aliphatic heterocycles. The summed E-state index contributed by atoms with van der Waals surface area (Å²) in [6.45, 7) is 1.19. The Morgan fingerprint density at radius 2 is 1.53 bits per heavy atom. The van der Waals surface area contributed by atoms with Crippen molar-refractivity contribution in [2.75, 3.05) is 18.0 Å². The lowest BCUT2D eigenvalue weighted by molar-refractivity contribution is -0.289. The van der Waals surface area contributed by atoms with Gasteiger partial charge in [0, 0.05) is 43.2 Å². The molecule has 4 rings (SSSR count). The molecular weight excluding hydrogens is 403 g/mol. The van der Waals surface area contributed by atoms with E-state index in [2.05, 4.69) is 9.88 Å².